The van der Waals surface area contributed by atoms with Crippen molar-refractivity contribution in [1.29, 1.82) is 0 Å². The van der Waals surface area contributed by atoms with Gasteiger partial charge >= 0.3 is 12.2 Å². The van der Waals surface area contributed by atoms with Gasteiger partial charge in [0.15, 0.2) is 0 Å². The maximum atomic E-state index is 12.6. The summed E-state index contributed by atoms with van der Waals surface area (Å²) in [5.41, 5.74) is 1.77. The number of ether oxygens (including phenoxy) is 2. The average molecular weight is 422 g/mol. The Morgan fingerprint density at radius 3 is 2.45 bits per heavy atom. The zero-order valence-electron chi connectivity index (χ0n) is 17.8. The van der Waals surface area contributed by atoms with E-state index >= 15 is 0 Å². The normalized spacial score (nSPS) is 16.3. The molecule has 31 heavy (non-hydrogen) atoms. The van der Waals surface area contributed by atoms with E-state index in [1.807, 2.05) is 30.3 Å². The fourth-order valence-corrected chi connectivity index (χ4v) is 3.11. The summed E-state index contributed by atoms with van der Waals surface area (Å²) in [6.07, 6.45) is 2.33. The lowest BCUT2D eigenvalue weighted by Crippen LogP contribution is -2.39. The summed E-state index contributed by atoms with van der Waals surface area (Å²) >= 11 is 0. The van der Waals surface area contributed by atoms with Crippen molar-refractivity contribution in [3.05, 3.63) is 71.8 Å². The van der Waals surface area contributed by atoms with Crippen molar-refractivity contribution in [3.8, 4) is 0 Å². The van der Waals surface area contributed by atoms with Crippen LogP contribution in [0.2, 0.25) is 0 Å². The lowest BCUT2D eigenvalue weighted by molar-refractivity contribution is -0.124. The third-order valence-corrected chi connectivity index (χ3v) is 4.49. The van der Waals surface area contributed by atoms with E-state index in [1.54, 1.807) is 51.1 Å². The lowest BCUT2D eigenvalue weighted by Gasteiger charge is -2.19. The Morgan fingerprint density at radius 2 is 1.81 bits per heavy atom. The molecule has 1 saturated heterocycles. The van der Waals surface area contributed by atoms with Gasteiger partial charge in [0.2, 0.25) is 0 Å². The van der Waals surface area contributed by atoms with Crippen molar-refractivity contribution < 1.29 is 23.9 Å². The molecule has 0 aliphatic carbocycles. The first-order valence-corrected chi connectivity index (χ1v) is 10.0. The molecule has 0 radical (unpaired) electrons. The molecular formula is C24H26N2O5. The second-order valence-corrected chi connectivity index (χ2v) is 8.21. The molecular weight excluding hydrogens is 396 g/mol. The van der Waals surface area contributed by atoms with Gasteiger partial charge < -0.3 is 9.47 Å². The summed E-state index contributed by atoms with van der Waals surface area (Å²) < 4.78 is 10.3. The number of benzene rings is 2. The number of rotatable bonds is 5. The maximum Gasteiger partial charge on any atom is 0.417 e. The molecule has 0 aromatic heterocycles. The average Bonchev–Trinajstić information content (AvgIpc) is 3.06. The number of imide groups is 1. The van der Waals surface area contributed by atoms with Crippen LogP contribution < -0.4 is 5.32 Å². The van der Waals surface area contributed by atoms with Gasteiger partial charge in [-0.05, 0) is 56.5 Å². The maximum absolute atomic E-state index is 12.6. The van der Waals surface area contributed by atoms with Gasteiger partial charge in [0, 0.05) is 11.8 Å². The Hall–Kier alpha value is -3.61. The Balaban J connectivity index is 1.60. The van der Waals surface area contributed by atoms with Crippen LogP contribution >= 0.6 is 0 Å². The predicted molar refractivity (Wildman–Crippen MR) is 117 cm³/mol. The third-order valence-electron chi connectivity index (χ3n) is 4.49. The van der Waals surface area contributed by atoms with Gasteiger partial charge in [0.05, 0.1) is 6.04 Å². The summed E-state index contributed by atoms with van der Waals surface area (Å²) in [6, 6.07) is 16.2. The van der Waals surface area contributed by atoms with E-state index in [0.717, 1.165) is 16.0 Å². The zero-order chi connectivity index (χ0) is 22.4. The fourth-order valence-electron chi connectivity index (χ4n) is 3.11. The van der Waals surface area contributed by atoms with Crippen LogP contribution in [-0.4, -0.2) is 41.2 Å². The van der Waals surface area contributed by atoms with Gasteiger partial charge in [-0.15, -0.1) is 0 Å². The Bertz CT molecular complexity index is 962. The molecule has 2 aromatic rings. The first kappa shape index (κ1) is 22.1. The molecule has 3 rings (SSSR count). The number of anilines is 1. The van der Waals surface area contributed by atoms with E-state index in [0.29, 0.717) is 12.1 Å². The molecule has 0 unspecified atom stereocenters. The summed E-state index contributed by atoms with van der Waals surface area (Å²) in [5.74, 6) is -0.431. The fraction of sp³-hybridized carbons (Fsp3) is 0.292. The minimum Gasteiger partial charge on any atom is -0.447 e. The van der Waals surface area contributed by atoms with Gasteiger partial charge in [0.25, 0.3) is 5.91 Å². The minimum atomic E-state index is -0.632. The third kappa shape index (κ3) is 6.44. The molecule has 3 amide bonds. The molecule has 1 fully saturated rings. The zero-order valence-corrected chi connectivity index (χ0v) is 17.8. The molecule has 1 atom stereocenters. The molecule has 1 aliphatic heterocycles. The standard InChI is InChI=1S/C24H26N2O5/c1-24(2,3)31-22(28)25-19-12-9-17(10-13-19)11-14-21(27)26-20(16-30-23(26)29)15-18-7-5-4-6-8-18/h4-14,20H,15-16H2,1-3H3,(H,25,28)/b14-11-/t20-/m1/s1. The summed E-state index contributed by atoms with van der Waals surface area (Å²) in [4.78, 5) is 37.7. The van der Waals surface area contributed by atoms with Crippen molar-refractivity contribution in [1.82, 2.24) is 4.90 Å². The molecule has 7 nitrogen and oxygen atoms in total. The van der Waals surface area contributed by atoms with Crippen LogP contribution in [-0.2, 0) is 20.7 Å². The number of cyclic esters (lactones) is 1. The lowest BCUT2D eigenvalue weighted by atomic mass is 10.1. The number of carbonyl (C=O) groups excluding carboxylic acids is 3. The van der Waals surface area contributed by atoms with Crippen molar-refractivity contribution in [2.75, 3.05) is 11.9 Å². The summed E-state index contributed by atoms with van der Waals surface area (Å²) in [6.45, 7) is 5.55. The molecule has 1 heterocycles. The molecule has 162 valence electrons. The first-order valence-electron chi connectivity index (χ1n) is 10.0. The van der Waals surface area contributed by atoms with Crippen molar-refractivity contribution in [3.63, 3.8) is 0 Å². The van der Waals surface area contributed by atoms with E-state index in [1.165, 1.54) is 6.08 Å². The number of nitrogens with zero attached hydrogens (tertiary/aromatic N) is 1. The number of hydrogen-bond acceptors (Lipinski definition) is 5. The molecule has 0 saturated carbocycles. The number of carbonyl (C=O) groups is 3. The Kier molecular flexibility index (Phi) is 6.74. The quantitative estimate of drug-likeness (QED) is 0.710. The van der Waals surface area contributed by atoms with E-state index in [4.69, 9.17) is 9.47 Å². The van der Waals surface area contributed by atoms with Crippen LogP contribution in [0.5, 0.6) is 0 Å². The van der Waals surface area contributed by atoms with Crippen molar-refractivity contribution in [2.24, 2.45) is 0 Å². The molecule has 0 spiro atoms. The number of amides is 3. The molecule has 7 heteroatoms. The van der Waals surface area contributed by atoms with Crippen molar-refractivity contribution >= 4 is 29.9 Å². The van der Waals surface area contributed by atoms with Gasteiger partial charge in [-0.25, -0.2) is 14.5 Å². The topological polar surface area (TPSA) is 84.9 Å². The second kappa shape index (κ2) is 9.47. The van der Waals surface area contributed by atoms with Crippen LogP contribution in [0.4, 0.5) is 15.3 Å². The predicted octanol–water partition coefficient (Wildman–Crippen LogP) is 4.64. The van der Waals surface area contributed by atoms with Crippen molar-refractivity contribution in [2.45, 2.75) is 38.8 Å². The molecule has 2 aromatic carbocycles. The monoisotopic (exact) mass is 422 g/mol. The van der Waals surface area contributed by atoms with Gasteiger partial charge in [0.1, 0.15) is 12.2 Å². The van der Waals surface area contributed by atoms with Gasteiger partial charge in [-0.2, -0.15) is 0 Å². The van der Waals surface area contributed by atoms with Gasteiger partial charge in [-0.1, -0.05) is 42.5 Å². The number of hydrogen-bond donors (Lipinski definition) is 1. The first-order chi connectivity index (χ1) is 14.7. The molecule has 0 bridgehead atoms. The van der Waals surface area contributed by atoms with Crippen LogP contribution in [0.25, 0.3) is 6.08 Å². The highest BCUT2D eigenvalue weighted by molar-refractivity contribution is 6.02. The smallest absolute Gasteiger partial charge is 0.417 e. The second-order valence-electron chi connectivity index (χ2n) is 8.21. The molecule has 1 aliphatic rings. The Labute approximate surface area is 181 Å². The minimum absolute atomic E-state index is 0.179. The largest absolute Gasteiger partial charge is 0.447 e. The highest BCUT2D eigenvalue weighted by atomic mass is 16.6. The van der Waals surface area contributed by atoms with E-state index in [2.05, 4.69) is 5.32 Å². The number of nitrogens with one attached hydrogen (secondary N) is 1. The SMILES string of the molecule is CC(C)(C)OC(=O)Nc1ccc(/C=C\C(=O)N2C(=O)OC[C@H]2Cc2ccccc2)cc1. The van der Waals surface area contributed by atoms with E-state index in [9.17, 15) is 14.4 Å². The van der Waals surface area contributed by atoms with Crippen LogP contribution in [0.15, 0.2) is 60.7 Å². The van der Waals surface area contributed by atoms with E-state index in [-0.39, 0.29) is 12.6 Å². The summed E-state index contributed by atoms with van der Waals surface area (Å²) in [5, 5.41) is 2.65. The van der Waals surface area contributed by atoms with Crippen LogP contribution in [0, 0.1) is 0 Å². The summed E-state index contributed by atoms with van der Waals surface area (Å²) in [7, 11) is 0. The highest BCUT2D eigenvalue weighted by Gasteiger charge is 2.36. The highest BCUT2D eigenvalue weighted by Crippen LogP contribution is 2.19. The Morgan fingerprint density at radius 1 is 1.13 bits per heavy atom. The van der Waals surface area contributed by atoms with Crippen LogP contribution in [0.1, 0.15) is 31.9 Å². The van der Waals surface area contributed by atoms with E-state index < -0.39 is 23.7 Å². The van der Waals surface area contributed by atoms with Gasteiger partial charge in [-0.3, -0.25) is 10.1 Å². The molecule has 1 N–H and O–H groups in total. The van der Waals surface area contributed by atoms with Crippen LogP contribution in [0.3, 0.4) is 0 Å².